The number of aliphatic hydroxyl groups is 1. The summed E-state index contributed by atoms with van der Waals surface area (Å²) in [5.74, 6) is -1.34. The molecule has 0 radical (unpaired) electrons. The zero-order valence-electron chi connectivity index (χ0n) is 34.5. The van der Waals surface area contributed by atoms with Gasteiger partial charge in [-0.15, -0.1) is 0 Å². The SMILES string of the molecule is CN1CC2CCN(C)C2c2cc(OCc3ccccc3)c3c(c21)C[C@H]1C[C@H]2[C@H](N)c4onc(OCc5ccccc5)c4C(=O)[C@@]2(O[Si](C)(C)C(C)(C)C)C(O)=C1C3=O. The molecule has 6 atom stereocenters. The van der Waals surface area contributed by atoms with Crippen LogP contribution < -0.4 is 20.1 Å². The van der Waals surface area contributed by atoms with Gasteiger partial charge in [-0.25, -0.2) is 0 Å². The van der Waals surface area contributed by atoms with Gasteiger partial charge in [0.05, 0.1) is 11.6 Å². The average Bonchev–Trinajstić information content (AvgIpc) is 3.79. The van der Waals surface area contributed by atoms with Crippen LogP contribution in [0.4, 0.5) is 5.69 Å². The molecule has 3 aromatic carbocycles. The summed E-state index contributed by atoms with van der Waals surface area (Å²) < 4.78 is 25.9. The number of carbonyl (C=O) groups is 2. The molecule has 1 aromatic heterocycles. The van der Waals surface area contributed by atoms with E-state index in [4.69, 9.17) is 24.2 Å². The Labute approximate surface area is 341 Å². The molecule has 3 aliphatic carbocycles. The maximum absolute atomic E-state index is 15.5. The number of nitrogens with zero attached hydrogens (tertiary/aromatic N) is 3. The highest BCUT2D eigenvalue weighted by Crippen LogP contribution is 2.60. The number of hydrogen-bond donors (Lipinski definition) is 2. The Balaban J connectivity index is 1.21. The largest absolute Gasteiger partial charge is 0.508 e. The minimum Gasteiger partial charge on any atom is -0.508 e. The van der Waals surface area contributed by atoms with Gasteiger partial charge in [-0.2, -0.15) is 0 Å². The quantitative estimate of drug-likeness (QED) is 0.167. The minimum atomic E-state index is -2.88. The van der Waals surface area contributed by atoms with Crippen LogP contribution in [0.3, 0.4) is 0 Å². The van der Waals surface area contributed by atoms with Gasteiger partial charge in [0.2, 0.25) is 5.78 Å². The van der Waals surface area contributed by atoms with E-state index >= 15 is 9.59 Å². The number of hydrogen-bond acceptors (Lipinski definition) is 11. The minimum absolute atomic E-state index is 0.0161. The molecule has 2 aliphatic heterocycles. The van der Waals surface area contributed by atoms with Crippen molar-refractivity contribution in [3.05, 3.63) is 117 Å². The first-order valence-electron chi connectivity index (χ1n) is 20.6. The van der Waals surface area contributed by atoms with Crippen LogP contribution in [0, 0.1) is 17.8 Å². The zero-order valence-corrected chi connectivity index (χ0v) is 35.5. The topological polar surface area (TPSA) is 141 Å². The second-order valence-electron chi connectivity index (χ2n) is 18.6. The Bertz CT molecular complexity index is 2320. The molecule has 9 rings (SSSR count). The molecule has 0 amide bonds. The van der Waals surface area contributed by atoms with Crippen LogP contribution in [-0.4, -0.2) is 67.8 Å². The maximum Gasteiger partial charge on any atom is 0.265 e. The summed E-state index contributed by atoms with van der Waals surface area (Å²) in [5, 5.41) is 16.9. The molecule has 1 fully saturated rings. The molecular formula is C46H54N4O7Si. The molecule has 3 N–H and O–H groups in total. The first-order valence-corrected chi connectivity index (χ1v) is 23.5. The van der Waals surface area contributed by atoms with Crippen molar-refractivity contribution in [1.29, 1.82) is 0 Å². The van der Waals surface area contributed by atoms with Crippen molar-refractivity contribution in [2.24, 2.45) is 23.5 Å². The third-order valence-corrected chi connectivity index (χ3v) is 18.5. The Morgan fingerprint density at radius 1 is 0.983 bits per heavy atom. The van der Waals surface area contributed by atoms with E-state index in [1.54, 1.807) is 0 Å². The van der Waals surface area contributed by atoms with E-state index in [-0.39, 0.29) is 58.6 Å². The predicted molar refractivity (Wildman–Crippen MR) is 223 cm³/mol. The second kappa shape index (κ2) is 13.9. The van der Waals surface area contributed by atoms with Crippen molar-refractivity contribution in [2.75, 3.05) is 32.1 Å². The van der Waals surface area contributed by atoms with Crippen molar-refractivity contribution in [1.82, 2.24) is 10.1 Å². The molecule has 5 aliphatic rings. The van der Waals surface area contributed by atoms with E-state index < -0.39 is 37.6 Å². The van der Waals surface area contributed by atoms with E-state index in [9.17, 15) is 5.11 Å². The van der Waals surface area contributed by atoms with Crippen molar-refractivity contribution in [3.63, 3.8) is 0 Å². The van der Waals surface area contributed by atoms with Gasteiger partial charge in [-0.05, 0) is 96.3 Å². The number of fused-ring (bicyclic) bond motifs is 8. The monoisotopic (exact) mass is 802 g/mol. The van der Waals surface area contributed by atoms with Gasteiger partial charge in [0.25, 0.3) is 5.88 Å². The number of carbonyl (C=O) groups excluding carboxylic acids is 2. The molecule has 58 heavy (non-hydrogen) atoms. The number of ether oxygens (including phenoxy) is 2. The number of ketones is 2. The van der Waals surface area contributed by atoms with Crippen LogP contribution in [-0.2, 0) is 24.1 Å². The molecule has 1 saturated heterocycles. The highest BCUT2D eigenvalue weighted by molar-refractivity contribution is 6.74. The average molecular weight is 803 g/mol. The van der Waals surface area contributed by atoms with E-state index in [0.29, 0.717) is 30.1 Å². The lowest BCUT2D eigenvalue weighted by atomic mass is 9.58. The Hall–Kier alpha value is -4.75. The van der Waals surface area contributed by atoms with Crippen LogP contribution in [0.25, 0.3) is 0 Å². The predicted octanol–water partition coefficient (Wildman–Crippen LogP) is 8.12. The molecular weight excluding hydrogens is 749 g/mol. The fourth-order valence-corrected chi connectivity index (χ4v) is 11.6. The van der Waals surface area contributed by atoms with E-state index in [2.05, 4.69) is 55.9 Å². The van der Waals surface area contributed by atoms with E-state index in [1.165, 1.54) is 0 Å². The lowest BCUT2D eigenvalue weighted by Crippen LogP contribution is -2.64. The number of rotatable bonds is 8. The molecule has 3 heterocycles. The van der Waals surface area contributed by atoms with Gasteiger partial charge in [0.1, 0.15) is 30.3 Å². The van der Waals surface area contributed by atoms with Crippen LogP contribution in [0.5, 0.6) is 11.6 Å². The third kappa shape index (κ3) is 5.89. The summed E-state index contributed by atoms with van der Waals surface area (Å²) in [5.41, 5.74) is 10.9. The molecule has 304 valence electrons. The van der Waals surface area contributed by atoms with Crippen LogP contribution in [0.15, 0.2) is 82.6 Å². The second-order valence-corrected chi connectivity index (χ2v) is 23.3. The van der Waals surface area contributed by atoms with Gasteiger partial charge < -0.3 is 34.2 Å². The van der Waals surface area contributed by atoms with E-state index in [1.807, 2.05) is 73.8 Å². The number of nitrogens with two attached hydrogens (primary N) is 1. The molecule has 0 spiro atoms. The first-order chi connectivity index (χ1) is 27.6. The molecule has 12 heteroatoms. The first kappa shape index (κ1) is 38.7. The lowest BCUT2D eigenvalue weighted by molar-refractivity contribution is -0.0273. The van der Waals surface area contributed by atoms with Gasteiger partial charge >= 0.3 is 0 Å². The number of anilines is 1. The zero-order chi connectivity index (χ0) is 40.9. The third-order valence-electron chi connectivity index (χ3n) is 14.0. The number of likely N-dealkylation sites (tertiary alicyclic amines) is 1. The smallest absolute Gasteiger partial charge is 0.265 e. The molecule has 0 saturated carbocycles. The van der Waals surface area contributed by atoms with Gasteiger partial charge in [-0.3, -0.25) is 14.5 Å². The van der Waals surface area contributed by atoms with Crippen molar-refractivity contribution >= 4 is 25.6 Å². The van der Waals surface area contributed by atoms with Crippen LogP contribution in [0.2, 0.25) is 18.1 Å². The van der Waals surface area contributed by atoms with Gasteiger partial charge in [-0.1, -0.05) is 81.4 Å². The normalized spacial score (nSPS) is 26.7. The molecule has 2 unspecified atom stereocenters. The van der Waals surface area contributed by atoms with Gasteiger partial charge in [0.15, 0.2) is 25.5 Å². The van der Waals surface area contributed by atoms with Crippen LogP contribution >= 0.6 is 0 Å². The van der Waals surface area contributed by atoms with Crippen molar-refractivity contribution in [2.45, 2.75) is 89.1 Å². The molecule has 4 aromatic rings. The Kier molecular flexibility index (Phi) is 9.31. The lowest BCUT2D eigenvalue weighted by Gasteiger charge is -2.54. The Morgan fingerprint density at radius 2 is 1.64 bits per heavy atom. The highest BCUT2D eigenvalue weighted by atomic mass is 28.4. The van der Waals surface area contributed by atoms with E-state index in [0.717, 1.165) is 47.5 Å². The number of benzene rings is 3. The number of aliphatic hydroxyl groups excluding tert-OH is 1. The van der Waals surface area contributed by atoms with Crippen molar-refractivity contribution in [3.8, 4) is 11.6 Å². The summed E-state index contributed by atoms with van der Waals surface area (Å²) in [6, 6.07) is 20.8. The van der Waals surface area contributed by atoms with Crippen LogP contribution in [0.1, 0.15) is 94.4 Å². The maximum atomic E-state index is 15.5. The molecule has 11 nitrogen and oxygen atoms in total. The summed E-state index contributed by atoms with van der Waals surface area (Å²) in [7, 11) is 1.41. The van der Waals surface area contributed by atoms with Gasteiger partial charge in [0, 0.05) is 36.8 Å². The molecule has 0 bridgehead atoms. The standard InChI is InChI=1S/C46H54N4O7Si/c1-45(2,3)58(6,7)57-46-32(37(47)41-36(43(46)53)44(48-56-41)55-25-27-16-12-9-13-17-27)21-29-20-30-35(40(51)34(29)42(46)52)33(54-24-26-14-10-8-11-15-26)22-31-38-28(18-19-49(38)4)23-50(5)39(30)31/h8-17,22,28-29,32,37-38,52H,18-21,23-25,47H2,1-7H3/t28?,29-,32-,37-,38?,46-/m0/s1. The highest BCUT2D eigenvalue weighted by Gasteiger charge is 2.66. The Morgan fingerprint density at radius 3 is 2.29 bits per heavy atom. The fourth-order valence-electron chi connectivity index (χ4n) is 10.2. The fraction of sp³-hybridized carbons (Fsp3) is 0.457. The number of aromatic nitrogens is 1. The van der Waals surface area contributed by atoms with Crippen molar-refractivity contribution < 1.29 is 33.1 Å². The number of Topliss-reactive ketones (excluding diaryl/α,β-unsaturated/α-hetero) is 2. The summed E-state index contributed by atoms with van der Waals surface area (Å²) in [6.07, 6.45) is 1.86. The summed E-state index contributed by atoms with van der Waals surface area (Å²) in [6.45, 7) is 12.6. The number of allylic oxidation sites excluding steroid dienone is 1. The summed E-state index contributed by atoms with van der Waals surface area (Å²) >= 11 is 0. The summed E-state index contributed by atoms with van der Waals surface area (Å²) in [4.78, 5) is 35.7.